The summed E-state index contributed by atoms with van der Waals surface area (Å²) < 4.78 is 7.05. The van der Waals surface area contributed by atoms with Gasteiger partial charge in [-0.2, -0.15) is 11.8 Å². The number of hydrogen-bond donors (Lipinski definition) is 2. The number of rotatable bonds is 6. The van der Waals surface area contributed by atoms with E-state index in [0.29, 0.717) is 0 Å². The van der Waals surface area contributed by atoms with Crippen LogP contribution in [0.2, 0.25) is 25.7 Å². The molecule has 0 bridgehead atoms. The van der Waals surface area contributed by atoms with Gasteiger partial charge in [0.15, 0.2) is 0 Å². The fourth-order valence-electron chi connectivity index (χ4n) is 2.30. The van der Waals surface area contributed by atoms with Crippen LogP contribution in [-0.4, -0.2) is 57.7 Å². The normalized spacial score (nSPS) is 27.7. The average Bonchev–Trinajstić information content (AvgIpc) is 2.75. The molecule has 2 rings (SSSR count). The molecule has 6 nitrogen and oxygen atoms in total. The Bertz CT molecular complexity index is 554. The molecule has 127 valence electrons. The van der Waals surface area contributed by atoms with Gasteiger partial charge in [-0.05, 0) is 11.8 Å². The van der Waals surface area contributed by atoms with Crippen molar-refractivity contribution in [1.29, 1.82) is 0 Å². The van der Waals surface area contributed by atoms with Crippen molar-refractivity contribution in [3.05, 3.63) is 28.9 Å². The molecule has 0 spiro atoms. The molecule has 1 saturated heterocycles. The molecule has 2 heterocycles. The minimum atomic E-state index is -1.17. The molecule has 0 amide bonds. The predicted molar refractivity (Wildman–Crippen MR) is 88.7 cm³/mol. The summed E-state index contributed by atoms with van der Waals surface area (Å²) in [4.78, 5) is 15.5. The van der Waals surface area contributed by atoms with Gasteiger partial charge < -0.3 is 29.3 Å². The minimum absolute atomic E-state index is 0. The second kappa shape index (κ2) is 9.22. The summed E-state index contributed by atoms with van der Waals surface area (Å²) in [6.45, 7) is 6.61. The molecule has 23 heavy (non-hydrogen) atoms. The van der Waals surface area contributed by atoms with E-state index in [1.807, 2.05) is 0 Å². The fraction of sp³-hybridized carbons (Fsp3) is 0.714. The summed E-state index contributed by atoms with van der Waals surface area (Å²) >= 11 is 1.60. The summed E-state index contributed by atoms with van der Waals surface area (Å²) in [5.74, 6) is 0.899. The Morgan fingerprint density at radius 1 is 1.48 bits per heavy atom. The molecule has 0 saturated carbocycles. The van der Waals surface area contributed by atoms with Crippen LogP contribution in [0.3, 0.4) is 0 Å². The third kappa shape index (κ3) is 5.73. The van der Waals surface area contributed by atoms with E-state index in [9.17, 15) is 15.0 Å². The second-order valence-electron chi connectivity index (χ2n) is 6.63. The number of aromatic nitrogens is 2. The number of aliphatic hydroxyl groups is 2. The van der Waals surface area contributed by atoms with Crippen molar-refractivity contribution < 1.29 is 47.7 Å². The maximum Gasteiger partial charge on any atom is 0.231 e. The largest absolute Gasteiger partial charge is 0.394 e. The molecule has 0 aliphatic carbocycles. The van der Waals surface area contributed by atoms with Gasteiger partial charge in [0.1, 0.15) is 12.3 Å². The van der Waals surface area contributed by atoms with Crippen LogP contribution < -0.4 is 5.69 Å². The third-order valence-corrected chi connectivity index (χ3v) is 7.07. The van der Waals surface area contributed by atoms with Crippen LogP contribution in [0.25, 0.3) is 0 Å². The molecule has 1 aromatic heterocycles. The van der Waals surface area contributed by atoms with Crippen molar-refractivity contribution in [3.8, 4) is 0 Å². The molecule has 1 aromatic rings. The maximum atomic E-state index is 11.9. The average molecular weight is 432 g/mol. The van der Waals surface area contributed by atoms with Crippen LogP contribution in [0.5, 0.6) is 0 Å². The molecular formula is C14H23N2O4SSiY-. The SMILES string of the molecule is C[Si](C)(C)CCSC1[C@@H](O)[C@@H](CO)O[C@H]1n1cc[c-]nc1=O.[Y]. The quantitative estimate of drug-likeness (QED) is 0.510. The first-order valence-electron chi connectivity index (χ1n) is 7.35. The Kier molecular flexibility index (Phi) is 8.61. The molecule has 1 fully saturated rings. The Morgan fingerprint density at radius 3 is 2.74 bits per heavy atom. The van der Waals surface area contributed by atoms with E-state index in [0.717, 1.165) is 11.8 Å². The third-order valence-electron chi connectivity index (χ3n) is 3.62. The fourth-order valence-corrected chi connectivity index (χ4v) is 6.22. The smallest absolute Gasteiger partial charge is 0.231 e. The van der Waals surface area contributed by atoms with E-state index in [-0.39, 0.29) is 44.6 Å². The number of ether oxygens (including phenoxy) is 1. The number of hydrogen-bond acceptors (Lipinski definition) is 6. The predicted octanol–water partition coefficient (Wildman–Crippen LogP) is 0.732. The van der Waals surface area contributed by atoms with Gasteiger partial charge in [-0.1, -0.05) is 32.0 Å². The summed E-state index contributed by atoms with van der Waals surface area (Å²) in [5.41, 5.74) is -0.464. The van der Waals surface area contributed by atoms with E-state index >= 15 is 0 Å². The van der Waals surface area contributed by atoms with E-state index in [1.165, 1.54) is 10.6 Å². The summed E-state index contributed by atoms with van der Waals surface area (Å²) in [6, 6.07) is 2.65. The Labute approximate surface area is 166 Å². The van der Waals surface area contributed by atoms with Crippen LogP contribution in [0.15, 0.2) is 17.1 Å². The summed E-state index contributed by atoms with van der Waals surface area (Å²) in [6.07, 6.45) is 1.94. The van der Waals surface area contributed by atoms with Gasteiger partial charge in [-0.3, -0.25) is 0 Å². The van der Waals surface area contributed by atoms with Gasteiger partial charge in [0.2, 0.25) is 5.69 Å². The number of nitrogens with zero attached hydrogens (tertiary/aromatic N) is 2. The molecule has 1 aliphatic heterocycles. The molecule has 0 aromatic carbocycles. The first kappa shape index (κ1) is 21.5. The van der Waals surface area contributed by atoms with E-state index < -0.39 is 32.2 Å². The number of thioether (sulfide) groups is 1. The standard InChI is InChI=1S/C14H23N2O4SSi.Y/c1-22(2,3)8-7-21-12-11(18)10(9-17)20-13(12)16-6-4-5-15-14(16)19;/h4,6,10-13,17-18H,7-9H2,1-3H3;/q-1;/t10-,11+,12?,13-;/m1./s1. The van der Waals surface area contributed by atoms with Crippen LogP contribution in [-0.2, 0) is 37.4 Å². The zero-order chi connectivity index (χ0) is 16.3. The van der Waals surface area contributed by atoms with E-state index in [1.54, 1.807) is 18.0 Å². The number of aliphatic hydroxyl groups excluding tert-OH is 2. The maximum absolute atomic E-state index is 11.9. The van der Waals surface area contributed by atoms with E-state index in [4.69, 9.17) is 4.74 Å². The molecule has 9 heteroatoms. The Balaban J connectivity index is 0.00000264. The zero-order valence-electron chi connectivity index (χ0n) is 13.7. The van der Waals surface area contributed by atoms with Crippen molar-refractivity contribution in [3.63, 3.8) is 0 Å². The van der Waals surface area contributed by atoms with Crippen molar-refractivity contribution in [2.45, 2.75) is 49.4 Å². The summed E-state index contributed by atoms with van der Waals surface area (Å²) in [7, 11) is -1.17. The van der Waals surface area contributed by atoms with Gasteiger partial charge in [0.25, 0.3) is 0 Å². The van der Waals surface area contributed by atoms with Crippen molar-refractivity contribution in [1.82, 2.24) is 9.55 Å². The van der Waals surface area contributed by atoms with Gasteiger partial charge in [-0.25, -0.2) is 0 Å². The molecule has 1 aliphatic rings. The van der Waals surface area contributed by atoms with Crippen molar-refractivity contribution >= 4 is 19.8 Å². The Morgan fingerprint density at radius 2 is 2.17 bits per heavy atom. The van der Waals surface area contributed by atoms with Crippen molar-refractivity contribution in [2.75, 3.05) is 12.4 Å². The topological polar surface area (TPSA) is 84.6 Å². The van der Waals surface area contributed by atoms with Crippen LogP contribution in [0, 0.1) is 6.20 Å². The van der Waals surface area contributed by atoms with Crippen LogP contribution in [0.1, 0.15) is 6.23 Å². The molecular weight excluding hydrogens is 409 g/mol. The molecule has 1 unspecified atom stereocenters. The molecule has 1 radical (unpaired) electrons. The monoisotopic (exact) mass is 432 g/mol. The van der Waals surface area contributed by atoms with E-state index in [2.05, 4.69) is 30.8 Å². The Hall–Kier alpha value is 0.431. The van der Waals surface area contributed by atoms with Crippen LogP contribution >= 0.6 is 11.8 Å². The molecule has 4 atom stereocenters. The molecule has 2 N–H and O–H groups in total. The first-order valence-corrected chi connectivity index (χ1v) is 12.1. The van der Waals surface area contributed by atoms with Gasteiger partial charge in [0.05, 0.1) is 18.0 Å². The van der Waals surface area contributed by atoms with Gasteiger partial charge >= 0.3 is 0 Å². The zero-order valence-corrected chi connectivity index (χ0v) is 18.3. The van der Waals surface area contributed by atoms with Crippen molar-refractivity contribution in [2.24, 2.45) is 0 Å². The van der Waals surface area contributed by atoms with Crippen LogP contribution in [0.4, 0.5) is 0 Å². The summed E-state index contributed by atoms with van der Waals surface area (Å²) in [5, 5.41) is 19.4. The minimum Gasteiger partial charge on any atom is -0.394 e. The first-order chi connectivity index (χ1) is 10.3. The van der Waals surface area contributed by atoms with Gasteiger partial charge in [-0.15, -0.1) is 6.07 Å². The second-order valence-corrected chi connectivity index (χ2v) is 13.5. The van der Waals surface area contributed by atoms with Gasteiger partial charge in [0, 0.05) is 40.8 Å².